The van der Waals surface area contributed by atoms with Crippen LogP contribution in [-0.2, 0) is 16.4 Å². The molecular weight excluding hydrogens is 325 g/mol. The van der Waals surface area contributed by atoms with E-state index >= 15 is 0 Å². The van der Waals surface area contributed by atoms with Gasteiger partial charge in [0.2, 0.25) is 0 Å². The van der Waals surface area contributed by atoms with Gasteiger partial charge in [-0.3, -0.25) is 4.72 Å². The summed E-state index contributed by atoms with van der Waals surface area (Å²) in [5.74, 6) is -0.773. The summed E-state index contributed by atoms with van der Waals surface area (Å²) in [5, 5.41) is 0. The van der Waals surface area contributed by atoms with E-state index in [1.165, 1.54) is 23.8 Å². The summed E-state index contributed by atoms with van der Waals surface area (Å²) in [4.78, 5) is -0.363. The molecule has 3 rings (SSSR count). The first kappa shape index (κ1) is 16.2. The minimum absolute atomic E-state index is 0.363. The zero-order valence-electron chi connectivity index (χ0n) is 12.8. The molecule has 3 aromatic rings. The summed E-state index contributed by atoms with van der Waals surface area (Å²) in [6.45, 7) is 0. The molecule has 0 aromatic heterocycles. The summed E-state index contributed by atoms with van der Waals surface area (Å²) in [7, 11) is -3.94. The fourth-order valence-corrected chi connectivity index (χ4v) is 3.53. The molecule has 0 aliphatic carbocycles. The van der Waals surface area contributed by atoms with Gasteiger partial charge in [0, 0.05) is 5.69 Å². The summed E-state index contributed by atoms with van der Waals surface area (Å²) in [5.41, 5.74) is 2.64. The second kappa shape index (κ2) is 6.84. The first-order valence-corrected chi connectivity index (χ1v) is 8.93. The third-order valence-corrected chi connectivity index (χ3v) is 5.00. The molecule has 3 nitrogen and oxygen atoms in total. The van der Waals surface area contributed by atoms with Gasteiger partial charge in [-0.15, -0.1) is 0 Å². The van der Waals surface area contributed by atoms with Gasteiger partial charge in [-0.2, -0.15) is 0 Å². The van der Waals surface area contributed by atoms with Gasteiger partial charge in [-0.25, -0.2) is 12.8 Å². The van der Waals surface area contributed by atoms with Crippen molar-refractivity contribution in [3.8, 4) is 0 Å². The molecule has 0 aliphatic heterocycles. The minimum atomic E-state index is -3.94. The molecule has 0 radical (unpaired) electrons. The van der Waals surface area contributed by atoms with Crippen molar-refractivity contribution in [2.45, 2.75) is 11.3 Å². The Hall–Kier alpha value is -2.66. The third kappa shape index (κ3) is 3.81. The van der Waals surface area contributed by atoms with Crippen molar-refractivity contribution in [2.75, 3.05) is 4.72 Å². The summed E-state index contributed by atoms with van der Waals surface area (Å²) >= 11 is 0. The molecule has 0 amide bonds. The van der Waals surface area contributed by atoms with Gasteiger partial charge in [0.15, 0.2) is 0 Å². The Morgan fingerprint density at radius 1 is 0.750 bits per heavy atom. The van der Waals surface area contributed by atoms with Crippen LogP contribution in [0.4, 0.5) is 10.1 Å². The van der Waals surface area contributed by atoms with E-state index < -0.39 is 15.8 Å². The van der Waals surface area contributed by atoms with Crippen LogP contribution >= 0.6 is 0 Å². The van der Waals surface area contributed by atoms with Gasteiger partial charge in [-0.05, 0) is 41.8 Å². The highest BCUT2D eigenvalue weighted by Crippen LogP contribution is 2.19. The zero-order chi connectivity index (χ0) is 17.0. The summed E-state index contributed by atoms with van der Waals surface area (Å²) in [6, 6.07) is 22.4. The number of benzene rings is 3. The Bertz CT molecular complexity index is 923. The summed E-state index contributed by atoms with van der Waals surface area (Å²) in [6.07, 6.45) is 0.765. The number of hydrogen-bond donors (Lipinski definition) is 1. The molecule has 0 unspecified atom stereocenters. The average molecular weight is 341 g/mol. The second-order valence-corrected chi connectivity index (χ2v) is 7.05. The lowest BCUT2D eigenvalue weighted by molar-refractivity contribution is 0.570. The normalized spacial score (nSPS) is 11.2. The second-order valence-electron chi connectivity index (χ2n) is 5.40. The van der Waals surface area contributed by atoms with E-state index in [1.807, 2.05) is 42.5 Å². The molecule has 0 saturated carbocycles. The number of hydrogen-bond acceptors (Lipinski definition) is 2. The Morgan fingerprint density at radius 2 is 1.33 bits per heavy atom. The maximum atomic E-state index is 13.7. The zero-order valence-corrected chi connectivity index (χ0v) is 13.6. The highest BCUT2D eigenvalue weighted by atomic mass is 32.2. The molecular formula is C19H16FNO2S. The molecule has 0 bridgehead atoms. The van der Waals surface area contributed by atoms with Crippen LogP contribution < -0.4 is 4.72 Å². The van der Waals surface area contributed by atoms with E-state index in [0.717, 1.165) is 18.1 Å². The molecule has 0 saturated heterocycles. The Kier molecular flexibility index (Phi) is 4.62. The van der Waals surface area contributed by atoms with Gasteiger partial charge in [-0.1, -0.05) is 54.6 Å². The van der Waals surface area contributed by atoms with Gasteiger partial charge in [0.1, 0.15) is 10.7 Å². The van der Waals surface area contributed by atoms with Gasteiger partial charge >= 0.3 is 0 Å². The topological polar surface area (TPSA) is 46.2 Å². The SMILES string of the molecule is O=S(=O)(Nc1ccc(Cc2ccccc2)cc1)c1ccccc1F. The molecule has 0 aliphatic rings. The van der Waals surface area contributed by atoms with Gasteiger partial charge < -0.3 is 0 Å². The van der Waals surface area contributed by atoms with E-state index in [4.69, 9.17) is 0 Å². The first-order chi connectivity index (χ1) is 11.5. The first-order valence-electron chi connectivity index (χ1n) is 7.45. The van der Waals surface area contributed by atoms with E-state index in [0.29, 0.717) is 5.69 Å². The van der Waals surface area contributed by atoms with Crippen LogP contribution in [0.25, 0.3) is 0 Å². The van der Waals surface area contributed by atoms with Crippen LogP contribution in [0.15, 0.2) is 83.8 Å². The minimum Gasteiger partial charge on any atom is -0.280 e. The monoisotopic (exact) mass is 341 g/mol. The summed E-state index contributed by atoms with van der Waals surface area (Å²) < 4.78 is 40.6. The van der Waals surface area contributed by atoms with E-state index in [2.05, 4.69) is 4.72 Å². The standard InChI is InChI=1S/C19H16FNO2S/c20-18-8-4-5-9-19(18)24(22,23)21-17-12-10-16(11-13-17)14-15-6-2-1-3-7-15/h1-13,21H,14H2. The lowest BCUT2D eigenvalue weighted by Gasteiger charge is -2.09. The van der Waals surface area contributed by atoms with Crippen molar-refractivity contribution in [3.63, 3.8) is 0 Å². The Balaban J connectivity index is 1.76. The fourth-order valence-electron chi connectivity index (χ4n) is 2.39. The lowest BCUT2D eigenvalue weighted by atomic mass is 10.1. The van der Waals surface area contributed by atoms with Crippen LogP contribution in [0.2, 0.25) is 0 Å². The number of anilines is 1. The molecule has 0 heterocycles. The maximum absolute atomic E-state index is 13.7. The maximum Gasteiger partial charge on any atom is 0.264 e. The van der Waals surface area contributed by atoms with Gasteiger partial charge in [0.25, 0.3) is 10.0 Å². The lowest BCUT2D eigenvalue weighted by Crippen LogP contribution is -2.14. The molecule has 5 heteroatoms. The van der Waals surface area contributed by atoms with Crippen molar-refractivity contribution in [1.82, 2.24) is 0 Å². The number of sulfonamides is 1. The predicted molar refractivity (Wildman–Crippen MR) is 92.9 cm³/mol. The molecule has 0 atom stereocenters. The molecule has 1 N–H and O–H groups in total. The highest BCUT2D eigenvalue weighted by molar-refractivity contribution is 7.92. The van der Waals surface area contributed by atoms with Crippen molar-refractivity contribution < 1.29 is 12.8 Å². The number of rotatable bonds is 5. The van der Waals surface area contributed by atoms with Crippen LogP contribution in [0, 0.1) is 5.82 Å². The van der Waals surface area contributed by atoms with Crippen molar-refractivity contribution in [3.05, 3.63) is 95.8 Å². The van der Waals surface area contributed by atoms with E-state index in [-0.39, 0.29) is 4.90 Å². The van der Waals surface area contributed by atoms with Crippen LogP contribution in [0.3, 0.4) is 0 Å². The molecule has 122 valence electrons. The Labute approximate surface area is 140 Å². The van der Waals surface area contributed by atoms with E-state index in [9.17, 15) is 12.8 Å². The smallest absolute Gasteiger partial charge is 0.264 e. The van der Waals surface area contributed by atoms with Gasteiger partial charge in [0.05, 0.1) is 0 Å². The molecule has 3 aromatic carbocycles. The predicted octanol–water partition coefficient (Wildman–Crippen LogP) is 4.22. The number of halogens is 1. The van der Waals surface area contributed by atoms with E-state index in [1.54, 1.807) is 12.1 Å². The highest BCUT2D eigenvalue weighted by Gasteiger charge is 2.18. The molecule has 24 heavy (non-hydrogen) atoms. The third-order valence-electron chi connectivity index (χ3n) is 3.58. The largest absolute Gasteiger partial charge is 0.280 e. The van der Waals surface area contributed by atoms with Crippen LogP contribution in [0.1, 0.15) is 11.1 Å². The van der Waals surface area contributed by atoms with Crippen molar-refractivity contribution >= 4 is 15.7 Å². The average Bonchev–Trinajstić information content (AvgIpc) is 2.58. The van der Waals surface area contributed by atoms with Crippen molar-refractivity contribution in [1.29, 1.82) is 0 Å². The number of nitrogens with one attached hydrogen (secondary N) is 1. The van der Waals surface area contributed by atoms with Crippen LogP contribution in [0.5, 0.6) is 0 Å². The van der Waals surface area contributed by atoms with Crippen LogP contribution in [-0.4, -0.2) is 8.42 Å². The molecule has 0 spiro atoms. The van der Waals surface area contributed by atoms with Crippen molar-refractivity contribution in [2.24, 2.45) is 0 Å². The fraction of sp³-hybridized carbons (Fsp3) is 0.0526. The molecule has 0 fully saturated rings. The Morgan fingerprint density at radius 3 is 2.00 bits per heavy atom. The quantitative estimate of drug-likeness (QED) is 0.755.